The van der Waals surface area contributed by atoms with Crippen LogP contribution in [0.5, 0.6) is 0 Å². The summed E-state index contributed by atoms with van der Waals surface area (Å²) in [5, 5.41) is 0.583. The first-order valence-corrected chi connectivity index (χ1v) is 11.4. The van der Waals surface area contributed by atoms with Crippen molar-refractivity contribution >= 4 is 11.8 Å². The van der Waals surface area contributed by atoms with Crippen LogP contribution in [0, 0.1) is 6.92 Å². The van der Waals surface area contributed by atoms with Crippen molar-refractivity contribution in [3.8, 4) is 0 Å². The number of benzene rings is 1. The summed E-state index contributed by atoms with van der Waals surface area (Å²) in [5.41, 5.74) is 9.09. The molecule has 3 aliphatic carbocycles. The molecule has 3 atom stereocenters. The van der Waals surface area contributed by atoms with Crippen LogP contribution in [0.15, 0.2) is 76.9 Å². The number of hydrogen-bond acceptors (Lipinski definition) is 2. The fourth-order valence-electron chi connectivity index (χ4n) is 5.41. The minimum absolute atomic E-state index is 0.301. The second-order valence-electron chi connectivity index (χ2n) is 8.62. The Kier molecular flexibility index (Phi) is 4.24. The van der Waals surface area contributed by atoms with Crippen LogP contribution < -0.4 is 0 Å². The Labute approximate surface area is 173 Å². The van der Waals surface area contributed by atoms with Crippen LogP contribution in [0.25, 0.3) is 0 Å². The Morgan fingerprint density at radius 1 is 1.39 bits per heavy atom. The molecule has 0 amide bonds. The van der Waals surface area contributed by atoms with Gasteiger partial charge in [0.2, 0.25) is 0 Å². The van der Waals surface area contributed by atoms with Gasteiger partial charge in [-0.1, -0.05) is 61.6 Å². The third-order valence-corrected chi connectivity index (χ3v) is 8.82. The quantitative estimate of drug-likeness (QED) is 0.419. The molecule has 1 aliphatic heterocycles. The lowest BCUT2D eigenvalue weighted by molar-refractivity contribution is 0.280. The summed E-state index contributed by atoms with van der Waals surface area (Å²) >= 11 is 2.14. The van der Waals surface area contributed by atoms with Crippen LogP contribution in [0.3, 0.4) is 0 Å². The highest BCUT2D eigenvalue weighted by atomic mass is 32.2. The lowest BCUT2D eigenvalue weighted by atomic mass is 9.80. The van der Waals surface area contributed by atoms with Crippen LogP contribution in [0.1, 0.15) is 42.9 Å². The van der Waals surface area contributed by atoms with E-state index >= 15 is 0 Å². The summed E-state index contributed by atoms with van der Waals surface area (Å²) in [4.78, 5) is 4.01. The maximum atomic E-state index is 4.41. The van der Waals surface area contributed by atoms with Crippen molar-refractivity contribution in [2.75, 3.05) is 7.05 Å². The smallest absolute Gasteiger partial charge is 0.0436 e. The highest BCUT2D eigenvalue weighted by Crippen LogP contribution is 2.70. The number of rotatable bonds is 6. The van der Waals surface area contributed by atoms with Gasteiger partial charge in [-0.15, -0.1) is 11.8 Å². The fraction of sp³-hybridized carbons (Fsp3) is 0.385. The lowest BCUT2D eigenvalue weighted by Crippen LogP contribution is -2.43. The molecule has 1 nitrogen and oxygen atoms in total. The van der Waals surface area contributed by atoms with Crippen molar-refractivity contribution in [1.29, 1.82) is 0 Å². The number of allylic oxidation sites excluding steroid dienone is 8. The van der Waals surface area contributed by atoms with E-state index in [1.807, 2.05) is 0 Å². The van der Waals surface area contributed by atoms with E-state index in [2.05, 4.69) is 92.7 Å². The standard InChI is InChI=1S/C26H29NS/c1-5-22(27(4)18(3)11-12-19-8-6-7-9-19)25-26-16-21(26)15-14-20-13-10-17(2)24(28-25)23(20)26/h6,8-13,15,22,25H,3,5,7,14,16H2,1-2,4H3/b12-11+/t22?,25-,26?/m0/s1. The van der Waals surface area contributed by atoms with E-state index in [0.29, 0.717) is 16.7 Å². The molecule has 1 aromatic rings. The topological polar surface area (TPSA) is 3.24 Å². The van der Waals surface area contributed by atoms with Crippen molar-refractivity contribution in [1.82, 2.24) is 4.90 Å². The summed E-state index contributed by atoms with van der Waals surface area (Å²) in [6, 6.07) is 5.19. The highest BCUT2D eigenvalue weighted by Gasteiger charge is 2.64. The van der Waals surface area contributed by atoms with E-state index in [0.717, 1.165) is 25.0 Å². The molecule has 0 saturated heterocycles. The summed E-state index contributed by atoms with van der Waals surface area (Å²) < 4.78 is 0. The molecular weight excluding hydrogens is 358 g/mol. The van der Waals surface area contributed by atoms with Gasteiger partial charge in [0.15, 0.2) is 0 Å². The van der Waals surface area contributed by atoms with Crippen LogP contribution in [-0.2, 0) is 11.8 Å². The largest absolute Gasteiger partial charge is 0.371 e. The van der Waals surface area contributed by atoms with Gasteiger partial charge in [0.25, 0.3) is 0 Å². The third-order valence-electron chi connectivity index (χ3n) is 7.09. The molecule has 28 heavy (non-hydrogen) atoms. The first-order chi connectivity index (χ1) is 13.6. The van der Waals surface area contributed by atoms with E-state index in [1.165, 1.54) is 17.6 Å². The Bertz CT molecular complexity index is 976. The number of hydrogen-bond donors (Lipinski definition) is 0. The number of likely N-dealkylation sites (N-methyl/N-ethyl adjacent to an activating group) is 1. The van der Waals surface area contributed by atoms with Crippen LogP contribution in [0.4, 0.5) is 0 Å². The second kappa shape index (κ2) is 6.56. The minimum atomic E-state index is 0.301. The Morgan fingerprint density at radius 3 is 3.00 bits per heavy atom. The highest BCUT2D eigenvalue weighted by molar-refractivity contribution is 8.00. The van der Waals surface area contributed by atoms with Crippen molar-refractivity contribution in [3.63, 3.8) is 0 Å². The van der Waals surface area contributed by atoms with E-state index < -0.39 is 0 Å². The second-order valence-corrected chi connectivity index (χ2v) is 9.77. The normalized spacial score (nSPS) is 27.3. The molecule has 0 N–H and O–H groups in total. The molecule has 0 aromatic heterocycles. The van der Waals surface area contributed by atoms with Gasteiger partial charge in [0, 0.05) is 34.3 Å². The number of thioether (sulfide) groups is 1. The van der Waals surface area contributed by atoms with Crippen LogP contribution >= 0.6 is 11.8 Å². The maximum Gasteiger partial charge on any atom is 0.0436 e. The molecule has 1 spiro atoms. The molecular formula is C26H29NS. The number of aryl methyl sites for hydroxylation is 1. The predicted molar refractivity (Wildman–Crippen MR) is 121 cm³/mol. The zero-order chi connectivity index (χ0) is 19.5. The summed E-state index contributed by atoms with van der Waals surface area (Å²) in [6.07, 6.45) is 18.1. The van der Waals surface area contributed by atoms with Gasteiger partial charge in [0.1, 0.15) is 0 Å². The summed E-state index contributed by atoms with van der Waals surface area (Å²) in [7, 11) is 2.24. The van der Waals surface area contributed by atoms with Gasteiger partial charge >= 0.3 is 0 Å². The SMILES string of the molecule is C=C(/C=C/C1=CCC=C1)N(C)C(CC)[C@@H]1Sc2c(C)ccc3c2C12CC2=CC3. The van der Waals surface area contributed by atoms with Crippen LogP contribution in [0.2, 0.25) is 0 Å². The molecule has 0 radical (unpaired) electrons. The molecule has 1 heterocycles. The Morgan fingerprint density at radius 2 is 2.25 bits per heavy atom. The molecule has 144 valence electrons. The molecule has 2 heteroatoms. The molecule has 1 saturated carbocycles. The van der Waals surface area contributed by atoms with Crippen molar-refractivity contribution in [2.45, 2.75) is 61.1 Å². The lowest BCUT2D eigenvalue weighted by Gasteiger charge is -2.37. The predicted octanol–water partition coefficient (Wildman–Crippen LogP) is 6.26. The fourth-order valence-corrected chi connectivity index (χ4v) is 7.43. The zero-order valence-corrected chi connectivity index (χ0v) is 18.0. The summed E-state index contributed by atoms with van der Waals surface area (Å²) in [6.45, 7) is 9.03. The van der Waals surface area contributed by atoms with E-state index in [9.17, 15) is 0 Å². The van der Waals surface area contributed by atoms with E-state index in [-0.39, 0.29) is 0 Å². The van der Waals surface area contributed by atoms with Gasteiger partial charge in [-0.05, 0) is 60.9 Å². The van der Waals surface area contributed by atoms with Crippen molar-refractivity contribution < 1.29 is 0 Å². The molecule has 4 aliphatic rings. The minimum Gasteiger partial charge on any atom is -0.371 e. The molecule has 0 bridgehead atoms. The molecule has 2 unspecified atom stereocenters. The molecule has 5 rings (SSSR count). The van der Waals surface area contributed by atoms with Gasteiger partial charge in [-0.2, -0.15) is 0 Å². The first-order valence-electron chi connectivity index (χ1n) is 10.5. The van der Waals surface area contributed by atoms with E-state index in [4.69, 9.17) is 0 Å². The van der Waals surface area contributed by atoms with Crippen molar-refractivity contribution in [3.05, 3.63) is 88.7 Å². The van der Waals surface area contributed by atoms with Gasteiger partial charge in [-0.3, -0.25) is 0 Å². The van der Waals surface area contributed by atoms with Gasteiger partial charge in [-0.25, -0.2) is 0 Å². The molecule has 1 aromatic carbocycles. The van der Waals surface area contributed by atoms with Crippen LogP contribution in [-0.4, -0.2) is 23.2 Å². The van der Waals surface area contributed by atoms with Gasteiger partial charge in [0.05, 0.1) is 0 Å². The Hall–Kier alpha value is -1.93. The average Bonchev–Trinajstić information content (AvgIpc) is 3.04. The van der Waals surface area contributed by atoms with Gasteiger partial charge < -0.3 is 4.90 Å². The zero-order valence-electron chi connectivity index (χ0n) is 17.2. The Balaban J connectivity index is 1.45. The summed E-state index contributed by atoms with van der Waals surface area (Å²) in [5.74, 6) is 0. The molecule has 1 fully saturated rings. The van der Waals surface area contributed by atoms with Crippen molar-refractivity contribution in [2.24, 2.45) is 0 Å². The van der Waals surface area contributed by atoms with E-state index in [1.54, 1.807) is 21.6 Å². The maximum absolute atomic E-state index is 4.41. The third kappa shape index (κ3) is 2.54. The monoisotopic (exact) mass is 387 g/mol. The number of nitrogens with zero attached hydrogens (tertiary/aromatic N) is 1. The average molecular weight is 388 g/mol. The first kappa shape index (κ1) is 18.1.